The summed E-state index contributed by atoms with van der Waals surface area (Å²) in [6.45, 7) is 20.4. The lowest BCUT2D eigenvalue weighted by Crippen LogP contribution is -2.44. The average Bonchev–Trinajstić information content (AvgIpc) is 3.37. The maximum absolute atomic E-state index is 13.5. The fraction of sp³-hybridized carbons (Fsp3) is 0.667. The molecule has 2 heterocycles. The van der Waals surface area contributed by atoms with E-state index in [1.807, 2.05) is 0 Å². The first-order valence-corrected chi connectivity index (χ1v) is 19.2. The van der Waals surface area contributed by atoms with E-state index in [9.17, 15) is 13.2 Å². The van der Waals surface area contributed by atoms with Gasteiger partial charge in [0, 0.05) is 32.0 Å². The second-order valence-electron chi connectivity index (χ2n) is 15.1. The summed E-state index contributed by atoms with van der Waals surface area (Å²) in [4.78, 5) is 5.41. The Morgan fingerprint density at radius 1 is 1.07 bits per heavy atom. The standard InChI is InChI=1S/C33H45F3INO2Si/c1-19(2)28-26-27(25-22(38-28)17-31(6,7)18-23(25)40-41(8,9)30(3,4)5)32(16-10-11-24(32)37)39-29(26)20-12-14-21(15-13-20)33(34,35)36/h12-15,19,23-24,29H,10-11,16-18H2,1-9H3/t23?,24?,29-,32?/m1/s1. The minimum Gasteiger partial charge on any atom is -0.410 e. The summed E-state index contributed by atoms with van der Waals surface area (Å²) >= 11 is 2.56. The zero-order valence-electron chi connectivity index (χ0n) is 25.9. The van der Waals surface area contributed by atoms with E-state index in [1.165, 1.54) is 23.3 Å². The predicted molar refractivity (Wildman–Crippen MR) is 169 cm³/mol. The first kappa shape index (κ1) is 31.5. The van der Waals surface area contributed by atoms with Crippen LogP contribution < -0.4 is 0 Å². The van der Waals surface area contributed by atoms with Gasteiger partial charge in [0.2, 0.25) is 0 Å². The number of benzene rings is 1. The van der Waals surface area contributed by atoms with Gasteiger partial charge in [-0.25, -0.2) is 0 Å². The fourth-order valence-electron chi connectivity index (χ4n) is 6.85. The normalized spacial score (nSPS) is 27.9. The molecular formula is C33H45F3INO2Si. The number of alkyl halides is 4. The number of aromatic nitrogens is 1. The number of fused-ring (bicyclic) bond motifs is 4. The molecule has 0 bridgehead atoms. The molecule has 2 aliphatic carbocycles. The molecule has 0 N–H and O–H groups in total. The van der Waals surface area contributed by atoms with Gasteiger partial charge < -0.3 is 9.16 Å². The van der Waals surface area contributed by atoms with Gasteiger partial charge in [-0.1, -0.05) is 83.2 Å². The van der Waals surface area contributed by atoms with Crippen LogP contribution >= 0.6 is 22.6 Å². The molecule has 3 aliphatic rings. The molecule has 8 heteroatoms. The van der Waals surface area contributed by atoms with Gasteiger partial charge in [-0.2, -0.15) is 13.2 Å². The van der Waals surface area contributed by atoms with Crippen LogP contribution in [0.1, 0.15) is 131 Å². The summed E-state index contributed by atoms with van der Waals surface area (Å²) < 4.78 is 55.1. The molecule has 41 heavy (non-hydrogen) atoms. The molecule has 1 aromatic heterocycles. The van der Waals surface area contributed by atoms with Gasteiger partial charge in [0.15, 0.2) is 8.32 Å². The molecule has 0 radical (unpaired) electrons. The number of nitrogens with zero attached hydrogens (tertiary/aromatic N) is 1. The number of pyridine rings is 1. The Morgan fingerprint density at radius 2 is 1.71 bits per heavy atom. The first-order valence-electron chi connectivity index (χ1n) is 15.0. The highest BCUT2D eigenvalue weighted by molar-refractivity contribution is 14.1. The molecule has 1 fully saturated rings. The maximum atomic E-state index is 13.5. The summed E-state index contributed by atoms with van der Waals surface area (Å²) in [6.07, 6.45) is -0.136. The zero-order chi connectivity index (χ0) is 30.3. The SMILES string of the molecule is CC(C)c1nc2c(c3c1[C@@H](c1ccc(C(F)(F)F)cc1)OC31CCCC1I)C(O[Si](C)(C)C(C)(C)C)CC(C)(C)C2. The number of hydrogen-bond acceptors (Lipinski definition) is 3. The Balaban J connectivity index is 1.78. The minimum atomic E-state index is -4.38. The first-order chi connectivity index (χ1) is 18.8. The molecule has 1 aliphatic heterocycles. The van der Waals surface area contributed by atoms with E-state index >= 15 is 0 Å². The van der Waals surface area contributed by atoms with Crippen LogP contribution in [0.2, 0.25) is 18.1 Å². The number of halogens is 4. The van der Waals surface area contributed by atoms with Gasteiger partial charge in [0.1, 0.15) is 11.7 Å². The van der Waals surface area contributed by atoms with Crippen LogP contribution in [0.25, 0.3) is 0 Å². The van der Waals surface area contributed by atoms with Crippen LogP contribution in [-0.2, 0) is 27.4 Å². The molecule has 3 nitrogen and oxygen atoms in total. The monoisotopic (exact) mass is 699 g/mol. The summed E-state index contributed by atoms with van der Waals surface area (Å²) in [6, 6.07) is 5.58. The molecule has 226 valence electrons. The van der Waals surface area contributed by atoms with Crippen molar-refractivity contribution in [3.8, 4) is 0 Å². The van der Waals surface area contributed by atoms with Crippen molar-refractivity contribution in [3.05, 3.63) is 63.5 Å². The summed E-state index contributed by atoms with van der Waals surface area (Å²) in [5.74, 6) is 0.142. The van der Waals surface area contributed by atoms with Crippen molar-refractivity contribution in [3.63, 3.8) is 0 Å². The van der Waals surface area contributed by atoms with E-state index in [4.69, 9.17) is 14.1 Å². The van der Waals surface area contributed by atoms with Gasteiger partial charge >= 0.3 is 6.18 Å². The van der Waals surface area contributed by atoms with Crippen LogP contribution in [0.3, 0.4) is 0 Å². The highest BCUT2D eigenvalue weighted by Gasteiger charge is 2.57. The van der Waals surface area contributed by atoms with Crippen molar-refractivity contribution >= 4 is 30.9 Å². The van der Waals surface area contributed by atoms with Crippen LogP contribution in [0.15, 0.2) is 24.3 Å². The number of ether oxygens (including phenoxy) is 1. The molecule has 0 saturated heterocycles. The Morgan fingerprint density at radius 3 is 2.22 bits per heavy atom. The molecule has 1 saturated carbocycles. The molecule has 0 amide bonds. The maximum Gasteiger partial charge on any atom is 0.416 e. The van der Waals surface area contributed by atoms with Gasteiger partial charge in [0.25, 0.3) is 0 Å². The molecule has 4 atom stereocenters. The van der Waals surface area contributed by atoms with Gasteiger partial charge in [-0.05, 0) is 79.3 Å². The third-order valence-corrected chi connectivity index (χ3v) is 16.1. The largest absolute Gasteiger partial charge is 0.416 e. The lowest BCUT2D eigenvalue weighted by atomic mass is 9.70. The summed E-state index contributed by atoms with van der Waals surface area (Å²) in [5.41, 5.74) is 5.32. The fourth-order valence-corrected chi connectivity index (χ4v) is 9.32. The van der Waals surface area contributed by atoms with E-state index in [0.29, 0.717) is 0 Å². The van der Waals surface area contributed by atoms with Crippen LogP contribution in [0.5, 0.6) is 0 Å². The van der Waals surface area contributed by atoms with E-state index in [0.717, 1.165) is 54.6 Å². The van der Waals surface area contributed by atoms with Crippen molar-refractivity contribution in [2.45, 2.75) is 133 Å². The Bertz CT molecular complexity index is 1320. The smallest absolute Gasteiger partial charge is 0.410 e. The van der Waals surface area contributed by atoms with Gasteiger partial charge in [0.05, 0.1) is 11.7 Å². The van der Waals surface area contributed by atoms with Crippen LogP contribution in [0.4, 0.5) is 13.2 Å². The highest BCUT2D eigenvalue weighted by atomic mass is 127. The highest BCUT2D eigenvalue weighted by Crippen LogP contribution is 2.62. The number of rotatable bonds is 4. The van der Waals surface area contributed by atoms with E-state index in [1.54, 1.807) is 12.1 Å². The van der Waals surface area contributed by atoms with Crippen LogP contribution in [0, 0.1) is 5.41 Å². The van der Waals surface area contributed by atoms with Gasteiger partial charge in [-0.15, -0.1) is 0 Å². The molecule has 2 aromatic rings. The summed E-state index contributed by atoms with van der Waals surface area (Å²) in [5, 5.41) is 0.0549. The quantitative estimate of drug-likeness (QED) is 0.181. The average molecular weight is 700 g/mol. The second-order valence-corrected chi connectivity index (χ2v) is 21.3. The minimum absolute atomic E-state index is 0.0361. The summed E-state index contributed by atoms with van der Waals surface area (Å²) in [7, 11) is -2.14. The second kappa shape index (κ2) is 10.3. The Labute approximate surface area is 258 Å². The zero-order valence-corrected chi connectivity index (χ0v) is 29.1. The van der Waals surface area contributed by atoms with E-state index in [-0.39, 0.29) is 26.4 Å². The van der Waals surface area contributed by atoms with Gasteiger partial charge in [-0.3, -0.25) is 4.98 Å². The number of hydrogen-bond donors (Lipinski definition) is 0. The molecule has 1 aromatic carbocycles. The van der Waals surface area contributed by atoms with Crippen molar-refractivity contribution in [2.75, 3.05) is 0 Å². The Kier molecular flexibility index (Phi) is 7.90. The molecule has 3 unspecified atom stereocenters. The molecular weight excluding hydrogens is 654 g/mol. The lowest BCUT2D eigenvalue weighted by molar-refractivity contribution is -0.137. The van der Waals surface area contributed by atoms with Crippen LogP contribution in [-0.4, -0.2) is 17.2 Å². The third-order valence-electron chi connectivity index (χ3n) is 9.94. The lowest BCUT2D eigenvalue weighted by Gasteiger charge is -2.45. The topological polar surface area (TPSA) is 31.4 Å². The van der Waals surface area contributed by atoms with E-state index in [2.05, 4.69) is 84.2 Å². The third kappa shape index (κ3) is 5.46. The van der Waals surface area contributed by atoms with E-state index < -0.39 is 31.8 Å². The molecule has 1 spiro atoms. The molecule has 5 rings (SSSR count). The Hall–Kier alpha value is -0.973. The predicted octanol–water partition coefficient (Wildman–Crippen LogP) is 10.6. The van der Waals surface area contributed by atoms with Crippen molar-refractivity contribution in [1.29, 1.82) is 0 Å². The van der Waals surface area contributed by atoms with Crippen molar-refractivity contribution in [1.82, 2.24) is 4.98 Å². The van der Waals surface area contributed by atoms with Crippen molar-refractivity contribution < 1.29 is 22.3 Å². The van der Waals surface area contributed by atoms with Crippen molar-refractivity contribution in [2.24, 2.45) is 5.41 Å².